The van der Waals surface area contributed by atoms with Crippen molar-refractivity contribution in [2.45, 2.75) is 27.7 Å². The summed E-state index contributed by atoms with van der Waals surface area (Å²) in [4.78, 5) is 4.92. The highest BCUT2D eigenvalue weighted by Crippen LogP contribution is 2.29. The van der Waals surface area contributed by atoms with Gasteiger partial charge >= 0.3 is 0 Å². The number of hydrogen-bond donors (Lipinski definition) is 0. The van der Waals surface area contributed by atoms with Crippen LogP contribution in [0.15, 0.2) is 24.5 Å². The Kier molecular flexibility index (Phi) is 3.82. The molecule has 1 aliphatic heterocycles. The van der Waals surface area contributed by atoms with Crippen molar-refractivity contribution < 1.29 is 0 Å². The van der Waals surface area contributed by atoms with Crippen LogP contribution < -0.4 is 9.80 Å². The molecule has 0 N–H and O–H groups in total. The highest BCUT2D eigenvalue weighted by Gasteiger charge is 2.23. The van der Waals surface area contributed by atoms with Crippen LogP contribution in [0.1, 0.15) is 22.4 Å². The lowest BCUT2D eigenvalue weighted by atomic mass is 10.1. The Morgan fingerprint density at radius 3 is 2.36 bits per heavy atom. The minimum absolute atomic E-state index is 0.850. The predicted molar refractivity (Wildman–Crippen MR) is 101 cm³/mol. The minimum atomic E-state index is 0.850. The first-order valence-corrected chi connectivity index (χ1v) is 8.79. The molecule has 0 bridgehead atoms. The van der Waals surface area contributed by atoms with E-state index < -0.39 is 0 Å². The Morgan fingerprint density at radius 2 is 1.60 bits per heavy atom. The zero-order valence-corrected chi connectivity index (χ0v) is 15.3. The van der Waals surface area contributed by atoms with Gasteiger partial charge in [0, 0.05) is 31.9 Å². The summed E-state index contributed by atoms with van der Waals surface area (Å²) >= 11 is 0. The number of hydrogen-bond acceptors (Lipinski definition) is 5. The maximum Gasteiger partial charge on any atom is 0.201 e. The molecule has 0 unspecified atom stereocenters. The van der Waals surface area contributed by atoms with Crippen LogP contribution in [-0.2, 0) is 0 Å². The third-order valence-electron chi connectivity index (χ3n) is 5.41. The molecule has 6 nitrogen and oxygen atoms in total. The molecule has 6 heteroatoms. The monoisotopic (exact) mass is 336 g/mol. The van der Waals surface area contributed by atoms with E-state index in [1.807, 2.05) is 6.92 Å². The molecule has 0 radical (unpaired) electrons. The quantitative estimate of drug-likeness (QED) is 0.720. The summed E-state index contributed by atoms with van der Waals surface area (Å²) in [5.74, 6) is 0. The zero-order valence-electron chi connectivity index (χ0n) is 15.3. The molecule has 0 spiro atoms. The molecule has 1 saturated heterocycles. The van der Waals surface area contributed by atoms with E-state index in [0.29, 0.717) is 0 Å². The Morgan fingerprint density at radius 1 is 0.880 bits per heavy atom. The van der Waals surface area contributed by atoms with Gasteiger partial charge in [-0.3, -0.25) is 0 Å². The van der Waals surface area contributed by atoms with E-state index in [-0.39, 0.29) is 0 Å². The van der Waals surface area contributed by atoms with Crippen molar-refractivity contribution in [3.63, 3.8) is 0 Å². The lowest BCUT2D eigenvalue weighted by molar-refractivity contribution is 0.649. The predicted octanol–water partition coefficient (Wildman–Crippen LogP) is 2.68. The molecular weight excluding hydrogens is 312 g/mol. The summed E-state index contributed by atoms with van der Waals surface area (Å²) in [5, 5.41) is 12.9. The topological polar surface area (TPSA) is 49.6 Å². The number of anilines is 2. The molecular formula is C19H24N6. The largest absolute Gasteiger partial charge is 0.368 e. The van der Waals surface area contributed by atoms with Crippen LogP contribution in [0.5, 0.6) is 0 Å². The van der Waals surface area contributed by atoms with Crippen LogP contribution in [0.2, 0.25) is 0 Å². The number of aromatic nitrogens is 4. The normalized spacial score (nSPS) is 15.2. The summed E-state index contributed by atoms with van der Waals surface area (Å²) in [5.41, 5.74) is 8.33. The van der Waals surface area contributed by atoms with Crippen LogP contribution in [0, 0.1) is 27.7 Å². The lowest BCUT2D eigenvalue weighted by Gasteiger charge is -2.38. The number of nitrogens with zero attached hydrogens (tertiary/aromatic N) is 6. The zero-order chi connectivity index (χ0) is 17.6. The van der Waals surface area contributed by atoms with Crippen molar-refractivity contribution in [2.75, 3.05) is 36.0 Å². The molecule has 1 aliphatic rings. The molecule has 2 aromatic heterocycles. The van der Waals surface area contributed by atoms with Gasteiger partial charge in [-0.05, 0) is 50.5 Å². The van der Waals surface area contributed by atoms with Gasteiger partial charge < -0.3 is 9.80 Å². The van der Waals surface area contributed by atoms with E-state index in [2.05, 4.69) is 64.1 Å². The Balaban J connectivity index is 1.62. The molecule has 1 aromatic carbocycles. The van der Waals surface area contributed by atoms with Gasteiger partial charge in [-0.1, -0.05) is 12.1 Å². The highest BCUT2D eigenvalue weighted by molar-refractivity contribution is 5.73. The molecule has 0 amide bonds. The van der Waals surface area contributed by atoms with Gasteiger partial charge in [0.2, 0.25) is 5.65 Å². The van der Waals surface area contributed by atoms with Crippen LogP contribution in [0.3, 0.4) is 0 Å². The first kappa shape index (κ1) is 15.9. The van der Waals surface area contributed by atoms with Crippen LogP contribution in [0.25, 0.3) is 5.65 Å². The van der Waals surface area contributed by atoms with E-state index in [9.17, 15) is 0 Å². The van der Waals surface area contributed by atoms with Gasteiger partial charge in [0.1, 0.15) is 6.33 Å². The fourth-order valence-corrected chi connectivity index (χ4v) is 3.66. The smallest absolute Gasteiger partial charge is 0.201 e. The Hall–Kier alpha value is -2.63. The maximum absolute atomic E-state index is 4.53. The van der Waals surface area contributed by atoms with Crippen molar-refractivity contribution in [3.05, 3.63) is 46.9 Å². The van der Waals surface area contributed by atoms with E-state index in [4.69, 9.17) is 0 Å². The summed E-state index contributed by atoms with van der Waals surface area (Å²) in [6.45, 7) is 12.5. The second-order valence-electron chi connectivity index (χ2n) is 6.85. The fraction of sp³-hybridized carbons (Fsp3) is 0.421. The standard InChI is InChI=1S/C19H24N6/c1-13-6-5-7-17(14(13)2)23-8-10-24(11-9-23)18-15(3)16(4)22-25-12-20-21-19(18)25/h5-7,12H,8-11H2,1-4H3. The summed E-state index contributed by atoms with van der Waals surface area (Å²) in [6.07, 6.45) is 1.68. The van der Waals surface area contributed by atoms with Crippen molar-refractivity contribution in [1.29, 1.82) is 0 Å². The van der Waals surface area contributed by atoms with Gasteiger partial charge in [-0.25, -0.2) is 0 Å². The summed E-state index contributed by atoms with van der Waals surface area (Å²) in [6, 6.07) is 6.57. The van der Waals surface area contributed by atoms with Crippen LogP contribution in [0.4, 0.5) is 11.4 Å². The SMILES string of the molecule is Cc1cccc(N2CCN(c3c(C)c(C)nn4cnnc34)CC2)c1C. The lowest BCUT2D eigenvalue weighted by Crippen LogP contribution is -2.47. The average molecular weight is 336 g/mol. The third-order valence-corrected chi connectivity index (χ3v) is 5.41. The Bertz CT molecular complexity index is 921. The summed E-state index contributed by atoms with van der Waals surface area (Å²) < 4.78 is 1.79. The van der Waals surface area contributed by atoms with E-state index >= 15 is 0 Å². The fourth-order valence-electron chi connectivity index (χ4n) is 3.66. The number of rotatable bonds is 2. The van der Waals surface area contributed by atoms with Gasteiger partial charge in [-0.15, -0.1) is 10.2 Å². The number of benzene rings is 1. The third kappa shape index (κ3) is 2.62. The van der Waals surface area contributed by atoms with E-state index in [1.165, 1.54) is 28.1 Å². The average Bonchev–Trinajstić information content (AvgIpc) is 3.06. The van der Waals surface area contributed by atoms with Crippen molar-refractivity contribution in [2.24, 2.45) is 0 Å². The molecule has 3 heterocycles. The maximum atomic E-state index is 4.53. The second kappa shape index (κ2) is 6.02. The van der Waals surface area contributed by atoms with Crippen LogP contribution >= 0.6 is 0 Å². The molecule has 0 aliphatic carbocycles. The molecule has 3 aromatic rings. The van der Waals surface area contributed by atoms with E-state index in [1.54, 1.807) is 10.8 Å². The van der Waals surface area contributed by atoms with Crippen molar-refractivity contribution in [1.82, 2.24) is 19.8 Å². The summed E-state index contributed by atoms with van der Waals surface area (Å²) in [7, 11) is 0. The first-order valence-electron chi connectivity index (χ1n) is 8.79. The van der Waals surface area contributed by atoms with Crippen molar-refractivity contribution in [3.8, 4) is 0 Å². The van der Waals surface area contributed by atoms with Crippen molar-refractivity contribution >= 4 is 17.0 Å². The van der Waals surface area contributed by atoms with Gasteiger partial charge in [0.05, 0.1) is 11.4 Å². The number of aryl methyl sites for hydroxylation is 2. The molecule has 1 fully saturated rings. The van der Waals surface area contributed by atoms with Crippen LogP contribution in [-0.4, -0.2) is 46.0 Å². The molecule has 25 heavy (non-hydrogen) atoms. The van der Waals surface area contributed by atoms with Gasteiger partial charge in [-0.2, -0.15) is 9.61 Å². The Labute approximate surface area is 148 Å². The molecule has 4 rings (SSSR count). The minimum Gasteiger partial charge on any atom is -0.368 e. The van der Waals surface area contributed by atoms with E-state index in [0.717, 1.165) is 37.5 Å². The molecule has 130 valence electrons. The second-order valence-corrected chi connectivity index (χ2v) is 6.85. The van der Waals surface area contributed by atoms with Gasteiger partial charge in [0.25, 0.3) is 0 Å². The van der Waals surface area contributed by atoms with Gasteiger partial charge in [0.15, 0.2) is 0 Å². The molecule has 0 saturated carbocycles. The number of piperazine rings is 1. The highest BCUT2D eigenvalue weighted by atomic mass is 15.4. The first-order chi connectivity index (χ1) is 12.1. The molecule has 0 atom stereocenters. The number of fused-ring (bicyclic) bond motifs is 1.